The lowest BCUT2D eigenvalue weighted by atomic mass is 9.91. The number of carbonyl (C=O) groups is 3. The largest absolute Gasteiger partial charge is 0.478 e. The minimum atomic E-state index is -1.11. The number of carbonyl (C=O) groups excluding carboxylic acids is 2. The van der Waals surface area contributed by atoms with Gasteiger partial charge in [-0.2, -0.15) is 0 Å². The Kier molecular flexibility index (Phi) is 6.19. The first-order valence-corrected chi connectivity index (χ1v) is 9.27. The van der Waals surface area contributed by atoms with Crippen molar-refractivity contribution in [2.75, 3.05) is 5.32 Å². The zero-order chi connectivity index (χ0) is 20.8. The molecule has 5 heteroatoms. The second-order valence-electron chi connectivity index (χ2n) is 6.73. The van der Waals surface area contributed by atoms with Crippen LogP contribution in [0.15, 0.2) is 72.8 Å². The summed E-state index contributed by atoms with van der Waals surface area (Å²) in [5.74, 6) is -1.74. The van der Waals surface area contributed by atoms with Crippen molar-refractivity contribution in [3.8, 4) is 0 Å². The van der Waals surface area contributed by atoms with Gasteiger partial charge in [0, 0.05) is 18.1 Å². The van der Waals surface area contributed by atoms with Gasteiger partial charge in [-0.15, -0.1) is 0 Å². The molecule has 0 saturated carbocycles. The summed E-state index contributed by atoms with van der Waals surface area (Å²) in [5.41, 5.74) is 2.71. The van der Waals surface area contributed by atoms with E-state index in [2.05, 4.69) is 5.32 Å². The molecule has 5 nitrogen and oxygen atoms in total. The minimum Gasteiger partial charge on any atom is -0.478 e. The molecule has 0 atom stereocenters. The van der Waals surface area contributed by atoms with Crippen molar-refractivity contribution < 1.29 is 19.5 Å². The van der Waals surface area contributed by atoms with E-state index in [4.69, 9.17) is 0 Å². The first-order chi connectivity index (χ1) is 14.0. The number of aromatic carboxylic acids is 1. The third-order valence-corrected chi connectivity index (χ3v) is 4.57. The Balaban J connectivity index is 2.11. The van der Waals surface area contributed by atoms with E-state index in [9.17, 15) is 19.5 Å². The first kappa shape index (κ1) is 20.0. The highest BCUT2D eigenvalue weighted by atomic mass is 16.4. The Morgan fingerprint density at radius 3 is 2.03 bits per heavy atom. The van der Waals surface area contributed by atoms with Crippen molar-refractivity contribution in [3.63, 3.8) is 0 Å². The molecule has 1 amide bonds. The molecule has 0 spiro atoms. The van der Waals surface area contributed by atoms with Crippen LogP contribution in [0.1, 0.15) is 44.3 Å². The van der Waals surface area contributed by atoms with Gasteiger partial charge in [-0.05, 0) is 36.1 Å². The first-order valence-electron chi connectivity index (χ1n) is 9.27. The summed E-state index contributed by atoms with van der Waals surface area (Å²) in [6, 6.07) is 21.4. The van der Waals surface area contributed by atoms with E-state index in [1.54, 1.807) is 24.3 Å². The molecule has 0 fully saturated rings. The zero-order valence-corrected chi connectivity index (χ0v) is 16.0. The molecule has 0 aromatic heterocycles. The number of ketones is 1. The Morgan fingerprint density at radius 1 is 0.828 bits per heavy atom. The van der Waals surface area contributed by atoms with E-state index in [0.29, 0.717) is 29.5 Å². The van der Waals surface area contributed by atoms with Crippen LogP contribution in [0, 0.1) is 0 Å². The summed E-state index contributed by atoms with van der Waals surface area (Å²) in [6.45, 7) is 1.33. The standard InChI is InChI=1S/C24H21NO4/c1-16(26)25-21-15-20(24(28)29)14-19(13-12-17-8-4-2-5-9-17)22(21)23(27)18-10-6-3-7-11-18/h2-11,14-15H,12-13H2,1H3,(H,25,26)(H,28,29). The highest BCUT2D eigenvalue weighted by Gasteiger charge is 2.21. The monoisotopic (exact) mass is 387 g/mol. The molecule has 3 aromatic rings. The predicted molar refractivity (Wildman–Crippen MR) is 111 cm³/mol. The summed E-state index contributed by atoms with van der Waals surface area (Å²) in [5, 5.41) is 12.1. The van der Waals surface area contributed by atoms with Gasteiger partial charge in [-0.1, -0.05) is 60.7 Å². The van der Waals surface area contributed by atoms with E-state index in [0.717, 1.165) is 5.56 Å². The molecular formula is C24H21NO4. The van der Waals surface area contributed by atoms with Gasteiger partial charge in [-0.3, -0.25) is 9.59 Å². The third-order valence-electron chi connectivity index (χ3n) is 4.57. The number of carboxylic acids is 1. The Morgan fingerprint density at radius 2 is 1.45 bits per heavy atom. The SMILES string of the molecule is CC(=O)Nc1cc(C(=O)O)cc(CCc2ccccc2)c1C(=O)c1ccccc1. The van der Waals surface area contributed by atoms with Crippen LogP contribution < -0.4 is 5.32 Å². The molecule has 0 unspecified atom stereocenters. The zero-order valence-electron chi connectivity index (χ0n) is 16.0. The van der Waals surface area contributed by atoms with Crippen molar-refractivity contribution in [1.82, 2.24) is 0 Å². The maximum atomic E-state index is 13.3. The van der Waals surface area contributed by atoms with Gasteiger partial charge in [0.25, 0.3) is 0 Å². The van der Waals surface area contributed by atoms with Crippen LogP contribution in [0.5, 0.6) is 0 Å². The number of aryl methyl sites for hydroxylation is 2. The fraction of sp³-hybridized carbons (Fsp3) is 0.125. The Bertz CT molecular complexity index is 1040. The maximum absolute atomic E-state index is 13.3. The van der Waals surface area contributed by atoms with Crippen molar-refractivity contribution in [2.24, 2.45) is 0 Å². The van der Waals surface area contributed by atoms with Crippen LogP contribution in [0.3, 0.4) is 0 Å². The molecular weight excluding hydrogens is 366 g/mol. The average molecular weight is 387 g/mol. The maximum Gasteiger partial charge on any atom is 0.335 e. The second kappa shape index (κ2) is 8.97. The van der Waals surface area contributed by atoms with Crippen molar-refractivity contribution in [2.45, 2.75) is 19.8 Å². The molecule has 0 saturated heterocycles. The second-order valence-corrected chi connectivity index (χ2v) is 6.73. The number of carboxylic acid groups (broad SMARTS) is 1. The summed E-state index contributed by atoms with van der Waals surface area (Å²) in [4.78, 5) is 36.6. The van der Waals surface area contributed by atoms with Gasteiger partial charge < -0.3 is 10.4 Å². The van der Waals surface area contributed by atoms with Gasteiger partial charge >= 0.3 is 5.97 Å². The van der Waals surface area contributed by atoms with Crippen LogP contribution in [-0.2, 0) is 17.6 Å². The van der Waals surface area contributed by atoms with Crippen molar-refractivity contribution in [3.05, 3.63) is 101 Å². The fourth-order valence-electron chi connectivity index (χ4n) is 3.24. The molecule has 0 bridgehead atoms. The average Bonchev–Trinajstić information content (AvgIpc) is 2.72. The topological polar surface area (TPSA) is 83.5 Å². The molecule has 0 aliphatic carbocycles. The highest BCUT2D eigenvalue weighted by molar-refractivity contribution is 6.15. The lowest BCUT2D eigenvalue weighted by Gasteiger charge is -2.16. The molecule has 29 heavy (non-hydrogen) atoms. The summed E-state index contributed by atoms with van der Waals surface area (Å²) in [7, 11) is 0. The van der Waals surface area contributed by atoms with Crippen molar-refractivity contribution >= 4 is 23.3 Å². The van der Waals surface area contributed by atoms with E-state index < -0.39 is 5.97 Å². The smallest absolute Gasteiger partial charge is 0.335 e. The number of hydrogen-bond donors (Lipinski definition) is 2. The van der Waals surface area contributed by atoms with Crippen LogP contribution >= 0.6 is 0 Å². The molecule has 3 aromatic carbocycles. The minimum absolute atomic E-state index is 0.0291. The van der Waals surface area contributed by atoms with E-state index in [1.807, 2.05) is 36.4 Å². The van der Waals surface area contributed by atoms with Gasteiger partial charge in [0.05, 0.1) is 11.3 Å². The fourth-order valence-corrected chi connectivity index (χ4v) is 3.24. The molecule has 3 rings (SSSR count). The molecule has 0 heterocycles. The quantitative estimate of drug-likeness (QED) is 0.590. The summed E-state index contributed by atoms with van der Waals surface area (Å²) >= 11 is 0. The van der Waals surface area contributed by atoms with Crippen LogP contribution in [-0.4, -0.2) is 22.8 Å². The molecule has 0 aliphatic heterocycles. The number of benzene rings is 3. The third kappa shape index (κ3) is 4.96. The van der Waals surface area contributed by atoms with Crippen LogP contribution in [0.25, 0.3) is 0 Å². The van der Waals surface area contributed by atoms with Gasteiger partial charge in [0.1, 0.15) is 0 Å². The molecule has 0 aliphatic rings. The van der Waals surface area contributed by atoms with Crippen LogP contribution in [0.4, 0.5) is 5.69 Å². The Labute approximate surface area is 169 Å². The molecule has 146 valence electrons. The highest BCUT2D eigenvalue weighted by Crippen LogP contribution is 2.27. The van der Waals surface area contributed by atoms with Gasteiger partial charge in [0.2, 0.25) is 5.91 Å². The van der Waals surface area contributed by atoms with Crippen LogP contribution in [0.2, 0.25) is 0 Å². The number of amides is 1. The number of hydrogen-bond acceptors (Lipinski definition) is 3. The summed E-state index contributed by atoms with van der Waals surface area (Å²) < 4.78 is 0. The molecule has 2 N–H and O–H groups in total. The lowest BCUT2D eigenvalue weighted by molar-refractivity contribution is -0.114. The van der Waals surface area contributed by atoms with E-state index in [-0.39, 0.29) is 22.9 Å². The van der Waals surface area contributed by atoms with Crippen molar-refractivity contribution in [1.29, 1.82) is 0 Å². The molecule has 0 radical (unpaired) electrons. The van der Waals surface area contributed by atoms with E-state index >= 15 is 0 Å². The number of nitrogens with one attached hydrogen (secondary N) is 1. The normalized spacial score (nSPS) is 10.4. The number of anilines is 1. The Hall–Kier alpha value is -3.73. The lowest BCUT2D eigenvalue weighted by Crippen LogP contribution is -2.16. The van der Waals surface area contributed by atoms with E-state index in [1.165, 1.54) is 19.1 Å². The van der Waals surface area contributed by atoms with Gasteiger partial charge in [0.15, 0.2) is 5.78 Å². The predicted octanol–water partition coefficient (Wildman–Crippen LogP) is 4.36. The van der Waals surface area contributed by atoms with Gasteiger partial charge in [-0.25, -0.2) is 4.79 Å². The summed E-state index contributed by atoms with van der Waals surface area (Å²) in [6.07, 6.45) is 1.10. The number of rotatable bonds is 7.